The molecular formula is C19H21F2NO5S. The van der Waals surface area contributed by atoms with E-state index >= 15 is 0 Å². The van der Waals surface area contributed by atoms with E-state index in [4.69, 9.17) is 4.74 Å². The second-order valence-electron chi connectivity index (χ2n) is 6.21. The maximum absolute atomic E-state index is 12.6. The normalized spacial score (nSPS) is 11.9. The van der Waals surface area contributed by atoms with E-state index in [1.54, 1.807) is 19.9 Å². The van der Waals surface area contributed by atoms with Gasteiger partial charge in [-0.2, -0.15) is 13.1 Å². The van der Waals surface area contributed by atoms with Gasteiger partial charge in [0.05, 0.1) is 10.5 Å². The van der Waals surface area contributed by atoms with Crippen LogP contribution in [0, 0.1) is 0 Å². The summed E-state index contributed by atoms with van der Waals surface area (Å²) in [6.07, 6.45) is 0. The third-order valence-corrected chi connectivity index (χ3v) is 6.05. The van der Waals surface area contributed by atoms with Crippen LogP contribution in [0.4, 0.5) is 8.78 Å². The van der Waals surface area contributed by atoms with Gasteiger partial charge in [-0.15, -0.1) is 0 Å². The highest BCUT2D eigenvalue weighted by Crippen LogP contribution is 2.22. The quantitative estimate of drug-likeness (QED) is 0.618. The second kappa shape index (κ2) is 9.11. The minimum absolute atomic E-state index is 0.0329. The average Bonchev–Trinajstić information content (AvgIpc) is 2.66. The Bertz CT molecular complexity index is 931. The molecule has 0 aliphatic rings. The Morgan fingerprint density at radius 2 is 1.79 bits per heavy atom. The van der Waals surface area contributed by atoms with Crippen molar-refractivity contribution in [2.75, 3.05) is 7.05 Å². The molecule has 0 N–H and O–H groups in total. The fourth-order valence-electron chi connectivity index (χ4n) is 2.29. The SMILES string of the molecule is CC(C)N(C)S(=O)(=O)c1cccc(C(=O)OCc2ccccc2OC(F)F)c1. The molecule has 0 aromatic heterocycles. The molecule has 0 fully saturated rings. The average molecular weight is 413 g/mol. The van der Waals surface area contributed by atoms with Gasteiger partial charge in [0, 0.05) is 18.7 Å². The summed E-state index contributed by atoms with van der Waals surface area (Å²) in [7, 11) is -2.31. The first-order valence-corrected chi connectivity index (χ1v) is 9.85. The Morgan fingerprint density at radius 3 is 2.43 bits per heavy atom. The summed E-state index contributed by atoms with van der Waals surface area (Å²) in [5.74, 6) is -0.878. The lowest BCUT2D eigenvalue weighted by Gasteiger charge is -2.21. The third-order valence-electron chi connectivity index (χ3n) is 4.02. The van der Waals surface area contributed by atoms with Gasteiger partial charge in [-0.1, -0.05) is 24.3 Å². The molecule has 2 aromatic carbocycles. The molecule has 0 spiro atoms. The minimum Gasteiger partial charge on any atom is -0.457 e. The van der Waals surface area contributed by atoms with E-state index in [0.29, 0.717) is 0 Å². The maximum atomic E-state index is 12.6. The van der Waals surface area contributed by atoms with Crippen molar-refractivity contribution in [2.24, 2.45) is 0 Å². The lowest BCUT2D eigenvalue weighted by Crippen LogP contribution is -2.33. The first-order valence-electron chi connectivity index (χ1n) is 8.41. The Balaban J connectivity index is 2.17. The summed E-state index contributed by atoms with van der Waals surface area (Å²) in [5.41, 5.74) is 0.296. The van der Waals surface area contributed by atoms with Crippen molar-refractivity contribution in [3.05, 3.63) is 59.7 Å². The summed E-state index contributed by atoms with van der Waals surface area (Å²) in [6, 6.07) is 11.1. The number of sulfonamides is 1. The molecule has 0 saturated carbocycles. The lowest BCUT2D eigenvalue weighted by molar-refractivity contribution is -0.0510. The van der Waals surface area contributed by atoms with Crippen molar-refractivity contribution in [3.63, 3.8) is 0 Å². The number of esters is 1. The molecule has 28 heavy (non-hydrogen) atoms. The molecule has 2 aromatic rings. The van der Waals surface area contributed by atoms with Crippen LogP contribution in [0.3, 0.4) is 0 Å². The number of nitrogens with zero attached hydrogens (tertiary/aromatic N) is 1. The van der Waals surface area contributed by atoms with Crippen molar-refractivity contribution >= 4 is 16.0 Å². The van der Waals surface area contributed by atoms with Crippen LogP contribution >= 0.6 is 0 Å². The number of alkyl halides is 2. The maximum Gasteiger partial charge on any atom is 0.387 e. The van der Waals surface area contributed by atoms with Gasteiger partial charge < -0.3 is 9.47 Å². The highest BCUT2D eigenvalue weighted by molar-refractivity contribution is 7.89. The molecule has 6 nitrogen and oxygen atoms in total. The van der Waals surface area contributed by atoms with Crippen LogP contribution in [0.1, 0.15) is 29.8 Å². The van der Waals surface area contributed by atoms with Crippen LogP contribution in [-0.4, -0.2) is 38.4 Å². The van der Waals surface area contributed by atoms with E-state index in [1.165, 1.54) is 53.8 Å². The number of carbonyl (C=O) groups is 1. The van der Waals surface area contributed by atoms with Gasteiger partial charge in [-0.3, -0.25) is 0 Å². The minimum atomic E-state index is -3.76. The molecule has 0 atom stereocenters. The molecule has 0 aliphatic heterocycles. The zero-order chi connectivity index (χ0) is 20.9. The van der Waals surface area contributed by atoms with Crippen molar-refractivity contribution < 1.29 is 31.5 Å². The van der Waals surface area contributed by atoms with Crippen molar-refractivity contribution in [3.8, 4) is 5.75 Å². The van der Waals surface area contributed by atoms with Crippen LogP contribution in [0.5, 0.6) is 5.75 Å². The molecule has 152 valence electrons. The molecular weight excluding hydrogens is 392 g/mol. The van der Waals surface area contributed by atoms with E-state index in [9.17, 15) is 22.0 Å². The van der Waals surface area contributed by atoms with Gasteiger partial charge in [-0.25, -0.2) is 13.2 Å². The Labute approximate surface area is 162 Å². The van der Waals surface area contributed by atoms with Gasteiger partial charge in [-0.05, 0) is 38.1 Å². The zero-order valence-corrected chi connectivity index (χ0v) is 16.4. The van der Waals surface area contributed by atoms with Gasteiger partial charge >= 0.3 is 12.6 Å². The van der Waals surface area contributed by atoms with Crippen molar-refractivity contribution in [2.45, 2.75) is 38.0 Å². The monoisotopic (exact) mass is 413 g/mol. The predicted molar refractivity (Wildman–Crippen MR) is 98.7 cm³/mol. The largest absolute Gasteiger partial charge is 0.457 e. The van der Waals surface area contributed by atoms with Gasteiger partial charge in [0.25, 0.3) is 0 Å². The fraction of sp³-hybridized carbons (Fsp3) is 0.316. The second-order valence-corrected chi connectivity index (χ2v) is 8.20. The van der Waals surface area contributed by atoms with E-state index in [1.807, 2.05) is 0 Å². The van der Waals surface area contributed by atoms with Crippen molar-refractivity contribution in [1.29, 1.82) is 0 Å². The Morgan fingerprint density at radius 1 is 1.11 bits per heavy atom. The molecule has 0 unspecified atom stereocenters. The zero-order valence-electron chi connectivity index (χ0n) is 15.6. The first-order chi connectivity index (χ1) is 13.1. The number of benzene rings is 2. The van der Waals surface area contributed by atoms with E-state index in [2.05, 4.69) is 4.74 Å². The summed E-state index contributed by atoms with van der Waals surface area (Å²) in [5, 5.41) is 0. The number of rotatable bonds is 8. The van der Waals surface area contributed by atoms with E-state index in [-0.39, 0.29) is 34.4 Å². The molecule has 0 heterocycles. The number of ether oxygens (including phenoxy) is 2. The van der Waals surface area contributed by atoms with Crippen LogP contribution in [-0.2, 0) is 21.4 Å². The molecule has 0 bridgehead atoms. The van der Waals surface area contributed by atoms with Crippen LogP contribution in [0.15, 0.2) is 53.4 Å². The molecule has 0 saturated heterocycles. The van der Waals surface area contributed by atoms with Crippen LogP contribution in [0.25, 0.3) is 0 Å². The van der Waals surface area contributed by atoms with E-state index < -0.39 is 22.6 Å². The smallest absolute Gasteiger partial charge is 0.387 e. The number of carbonyl (C=O) groups excluding carboxylic acids is 1. The highest BCUT2D eigenvalue weighted by atomic mass is 32.2. The Hall–Kier alpha value is -2.52. The standard InChI is InChI=1S/C19H21F2NO5S/c1-13(2)22(3)28(24,25)16-9-6-8-14(11-16)18(23)26-12-15-7-4-5-10-17(15)27-19(20)21/h4-11,13,19H,12H2,1-3H3. The molecule has 9 heteroatoms. The molecule has 2 rings (SSSR count). The summed E-state index contributed by atoms with van der Waals surface area (Å²) in [4.78, 5) is 12.3. The topological polar surface area (TPSA) is 72.9 Å². The van der Waals surface area contributed by atoms with Gasteiger partial charge in [0.2, 0.25) is 10.0 Å². The van der Waals surface area contributed by atoms with Crippen molar-refractivity contribution in [1.82, 2.24) is 4.31 Å². The van der Waals surface area contributed by atoms with Crippen LogP contribution < -0.4 is 4.74 Å². The predicted octanol–water partition coefficient (Wildman–Crippen LogP) is 3.67. The number of hydrogen-bond acceptors (Lipinski definition) is 5. The van der Waals surface area contributed by atoms with E-state index in [0.717, 1.165) is 0 Å². The number of halogens is 2. The molecule has 0 amide bonds. The van der Waals surface area contributed by atoms with Gasteiger partial charge in [0.15, 0.2) is 0 Å². The number of para-hydroxylation sites is 1. The first kappa shape index (κ1) is 21.8. The third kappa shape index (κ3) is 5.26. The van der Waals surface area contributed by atoms with Gasteiger partial charge in [0.1, 0.15) is 12.4 Å². The summed E-state index contributed by atoms with van der Waals surface area (Å²) in [6.45, 7) is 0.157. The lowest BCUT2D eigenvalue weighted by atomic mass is 10.2. The molecule has 0 aliphatic carbocycles. The summed E-state index contributed by atoms with van der Waals surface area (Å²) < 4.78 is 60.7. The Kier molecular flexibility index (Phi) is 7.09. The van der Waals surface area contributed by atoms with Crippen LogP contribution in [0.2, 0.25) is 0 Å². The fourth-order valence-corrected chi connectivity index (χ4v) is 3.70. The number of hydrogen-bond donors (Lipinski definition) is 0. The summed E-state index contributed by atoms with van der Waals surface area (Å²) >= 11 is 0. The highest BCUT2D eigenvalue weighted by Gasteiger charge is 2.24. The molecule has 0 radical (unpaired) electrons.